The molecule has 0 saturated carbocycles. The molecule has 0 aliphatic heterocycles. The van der Waals surface area contributed by atoms with E-state index < -0.39 is 5.97 Å². The minimum absolute atomic E-state index is 0.0660. The molecular weight excluding hydrogens is 260 g/mol. The van der Waals surface area contributed by atoms with Crippen LogP contribution in [0.1, 0.15) is 40.5 Å². The summed E-state index contributed by atoms with van der Waals surface area (Å²) in [5.74, 6) is -0.841. The molecule has 0 saturated heterocycles. The highest BCUT2D eigenvalue weighted by molar-refractivity contribution is 5.76. The van der Waals surface area contributed by atoms with E-state index in [-0.39, 0.29) is 30.5 Å². The third-order valence-electron chi connectivity index (χ3n) is 3.43. The van der Waals surface area contributed by atoms with Crippen molar-refractivity contribution in [3.63, 3.8) is 0 Å². The van der Waals surface area contributed by atoms with Gasteiger partial charge >= 0.3 is 12.0 Å². The lowest BCUT2D eigenvalue weighted by Crippen LogP contribution is -2.51. The van der Waals surface area contributed by atoms with Crippen molar-refractivity contribution in [2.75, 3.05) is 20.3 Å². The van der Waals surface area contributed by atoms with Crippen LogP contribution < -0.4 is 5.32 Å². The quantitative estimate of drug-likeness (QED) is 0.679. The van der Waals surface area contributed by atoms with Crippen LogP contribution >= 0.6 is 0 Å². The van der Waals surface area contributed by atoms with Crippen molar-refractivity contribution in [3.8, 4) is 0 Å². The molecule has 118 valence electrons. The number of hydrogen-bond acceptors (Lipinski definition) is 3. The molecule has 6 nitrogen and oxygen atoms in total. The fourth-order valence-corrected chi connectivity index (χ4v) is 1.82. The van der Waals surface area contributed by atoms with Gasteiger partial charge in [-0.25, -0.2) is 4.79 Å². The summed E-state index contributed by atoms with van der Waals surface area (Å²) >= 11 is 0. The average molecular weight is 288 g/mol. The van der Waals surface area contributed by atoms with Crippen LogP contribution in [-0.2, 0) is 9.53 Å². The summed E-state index contributed by atoms with van der Waals surface area (Å²) in [4.78, 5) is 24.8. The van der Waals surface area contributed by atoms with Gasteiger partial charge in [0.15, 0.2) is 0 Å². The molecule has 20 heavy (non-hydrogen) atoms. The van der Waals surface area contributed by atoms with E-state index in [4.69, 9.17) is 9.84 Å². The molecule has 0 aromatic carbocycles. The molecule has 0 bridgehead atoms. The Morgan fingerprint density at radius 1 is 1.30 bits per heavy atom. The molecule has 0 radical (unpaired) electrons. The summed E-state index contributed by atoms with van der Waals surface area (Å²) in [6, 6.07) is -0.506. The van der Waals surface area contributed by atoms with Gasteiger partial charge in [-0.2, -0.15) is 0 Å². The van der Waals surface area contributed by atoms with Crippen LogP contribution in [0.25, 0.3) is 0 Å². The van der Waals surface area contributed by atoms with Gasteiger partial charge in [-0.3, -0.25) is 4.79 Å². The molecule has 6 heteroatoms. The fraction of sp³-hybridized carbons (Fsp3) is 0.857. The summed E-state index contributed by atoms with van der Waals surface area (Å²) in [6.45, 7) is 8.73. The Hall–Kier alpha value is -1.30. The van der Waals surface area contributed by atoms with Crippen molar-refractivity contribution in [3.05, 3.63) is 0 Å². The zero-order valence-electron chi connectivity index (χ0n) is 13.2. The van der Waals surface area contributed by atoms with Gasteiger partial charge in [-0.05, 0) is 19.3 Å². The van der Waals surface area contributed by atoms with Gasteiger partial charge in [0.2, 0.25) is 0 Å². The smallest absolute Gasteiger partial charge is 0.317 e. The second-order valence-electron chi connectivity index (χ2n) is 5.34. The third kappa shape index (κ3) is 6.75. The molecule has 0 aromatic rings. The van der Waals surface area contributed by atoms with Crippen LogP contribution in [0, 0.1) is 5.92 Å². The molecule has 0 aromatic heterocycles. The van der Waals surface area contributed by atoms with E-state index in [0.717, 1.165) is 6.42 Å². The van der Waals surface area contributed by atoms with Crippen molar-refractivity contribution < 1.29 is 19.4 Å². The predicted octanol–water partition coefficient (Wildman–Crippen LogP) is 1.94. The lowest BCUT2D eigenvalue weighted by Gasteiger charge is -2.31. The molecule has 0 fully saturated rings. The number of carbonyl (C=O) groups excluding carboxylic acids is 1. The highest BCUT2D eigenvalue weighted by atomic mass is 16.5. The lowest BCUT2D eigenvalue weighted by molar-refractivity contribution is -0.137. The van der Waals surface area contributed by atoms with Gasteiger partial charge in [0.05, 0.1) is 13.0 Å². The van der Waals surface area contributed by atoms with Crippen molar-refractivity contribution in [2.24, 2.45) is 5.92 Å². The highest BCUT2D eigenvalue weighted by Gasteiger charge is 2.24. The molecule has 2 N–H and O–H groups in total. The number of aliphatic carboxylic acids is 1. The summed E-state index contributed by atoms with van der Waals surface area (Å²) in [5.41, 5.74) is 0. The minimum atomic E-state index is -0.906. The number of urea groups is 1. The fourth-order valence-electron chi connectivity index (χ4n) is 1.82. The Morgan fingerprint density at radius 3 is 2.30 bits per heavy atom. The molecule has 0 spiro atoms. The van der Waals surface area contributed by atoms with Crippen LogP contribution in [-0.4, -0.2) is 54.4 Å². The maximum atomic E-state index is 12.3. The van der Waals surface area contributed by atoms with Gasteiger partial charge in [-0.1, -0.05) is 20.8 Å². The SMILES string of the molecule is CCC(C)N(CCOC)C(=O)NC(CC(=O)O)C(C)C. The van der Waals surface area contributed by atoms with E-state index in [0.29, 0.717) is 13.2 Å². The van der Waals surface area contributed by atoms with E-state index >= 15 is 0 Å². The molecule has 2 unspecified atom stereocenters. The van der Waals surface area contributed by atoms with E-state index in [1.165, 1.54) is 0 Å². The maximum Gasteiger partial charge on any atom is 0.317 e. The van der Waals surface area contributed by atoms with Crippen molar-refractivity contribution >= 4 is 12.0 Å². The second kappa shape index (κ2) is 9.58. The predicted molar refractivity (Wildman–Crippen MR) is 77.7 cm³/mol. The first-order valence-electron chi connectivity index (χ1n) is 7.11. The van der Waals surface area contributed by atoms with Gasteiger partial charge in [0.25, 0.3) is 0 Å². The Morgan fingerprint density at radius 2 is 1.90 bits per heavy atom. The number of nitrogens with one attached hydrogen (secondary N) is 1. The van der Waals surface area contributed by atoms with Gasteiger partial charge in [0.1, 0.15) is 0 Å². The number of ether oxygens (including phenoxy) is 1. The molecule has 0 heterocycles. The molecule has 2 atom stereocenters. The highest BCUT2D eigenvalue weighted by Crippen LogP contribution is 2.09. The van der Waals surface area contributed by atoms with Gasteiger partial charge in [0, 0.05) is 25.7 Å². The summed E-state index contributed by atoms with van der Waals surface area (Å²) in [5, 5.41) is 11.7. The Labute approximate surface area is 121 Å². The Bertz CT molecular complexity index is 308. The molecule has 0 rings (SSSR count). The molecule has 0 aliphatic rings. The second-order valence-corrected chi connectivity index (χ2v) is 5.34. The number of carbonyl (C=O) groups is 2. The monoisotopic (exact) mass is 288 g/mol. The topological polar surface area (TPSA) is 78.9 Å². The van der Waals surface area contributed by atoms with E-state index in [1.807, 2.05) is 27.7 Å². The van der Waals surface area contributed by atoms with Crippen LogP contribution in [0.4, 0.5) is 4.79 Å². The molecule has 2 amide bonds. The third-order valence-corrected chi connectivity index (χ3v) is 3.43. The number of carboxylic acids is 1. The largest absolute Gasteiger partial charge is 0.481 e. The first-order chi connectivity index (χ1) is 9.33. The number of hydrogen-bond donors (Lipinski definition) is 2. The summed E-state index contributed by atoms with van der Waals surface area (Å²) < 4.78 is 5.02. The van der Waals surface area contributed by atoms with E-state index in [9.17, 15) is 9.59 Å². The minimum Gasteiger partial charge on any atom is -0.481 e. The van der Waals surface area contributed by atoms with Crippen LogP contribution in [0.3, 0.4) is 0 Å². The number of carboxylic acid groups (broad SMARTS) is 1. The van der Waals surface area contributed by atoms with E-state index in [1.54, 1.807) is 12.0 Å². The van der Waals surface area contributed by atoms with Gasteiger partial charge in [-0.15, -0.1) is 0 Å². The summed E-state index contributed by atoms with van der Waals surface area (Å²) in [7, 11) is 1.59. The molecule has 0 aliphatic carbocycles. The van der Waals surface area contributed by atoms with E-state index in [2.05, 4.69) is 5.32 Å². The number of amides is 2. The maximum absolute atomic E-state index is 12.3. The zero-order valence-corrected chi connectivity index (χ0v) is 13.2. The van der Waals surface area contributed by atoms with Crippen molar-refractivity contribution in [2.45, 2.75) is 52.6 Å². The average Bonchev–Trinajstić information content (AvgIpc) is 2.37. The number of rotatable bonds is 9. The Kier molecular flexibility index (Phi) is 8.96. The van der Waals surface area contributed by atoms with Crippen LogP contribution in [0.5, 0.6) is 0 Å². The first kappa shape index (κ1) is 18.7. The van der Waals surface area contributed by atoms with Crippen LogP contribution in [0.2, 0.25) is 0 Å². The zero-order chi connectivity index (χ0) is 15.7. The van der Waals surface area contributed by atoms with Gasteiger partial charge < -0.3 is 20.1 Å². The Balaban J connectivity index is 4.73. The molecular formula is C14H28N2O4. The van der Waals surface area contributed by atoms with Crippen molar-refractivity contribution in [1.29, 1.82) is 0 Å². The lowest BCUT2D eigenvalue weighted by atomic mass is 10.0. The summed E-state index contributed by atoms with van der Waals surface area (Å²) in [6.07, 6.45) is 0.768. The standard InChI is InChI=1S/C14H28N2O4/c1-6-11(4)16(7-8-20-5)14(19)15-12(10(2)3)9-13(17)18/h10-12H,6-9H2,1-5H3,(H,15,19)(H,17,18). The normalized spacial score (nSPS) is 13.9. The number of nitrogens with zero attached hydrogens (tertiary/aromatic N) is 1. The van der Waals surface area contributed by atoms with Crippen LogP contribution in [0.15, 0.2) is 0 Å². The number of methoxy groups -OCH3 is 1. The first-order valence-corrected chi connectivity index (χ1v) is 7.11. The van der Waals surface area contributed by atoms with Crippen molar-refractivity contribution in [1.82, 2.24) is 10.2 Å².